The maximum Gasteiger partial charge on any atom is 0.326 e. The molecule has 150 valence electrons. The predicted octanol–water partition coefficient (Wildman–Crippen LogP) is 3.32. The van der Waals surface area contributed by atoms with Crippen molar-refractivity contribution in [1.29, 1.82) is 0 Å². The minimum atomic E-state index is -1.02. The molecular weight excluding hydrogens is 366 g/mol. The Labute approximate surface area is 170 Å². The van der Waals surface area contributed by atoms with Gasteiger partial charge in [-0.15, -0.1) is 0 Å². The molecule has 0 fully saturated rings. The normalized spacial score (nSPS) is 11.8. The van der Waals surface area contributed by atoms with Crippen LogP contribution in [0, 0.1) is 13.8 Å². The Morgan fingerprint density at radius 1 is 1.03 bits per heavy atom. The van der Waals surface area contributed by atoms with E-state index in [0.29, 0.717) is 12.1 Å². The molecule has 0 radical (unpaired) electrons. The Morgan fingerprint density at radius 3 is 2.24 bits per heavy atom. The fourth-order valence-electron chi connectivity index (χ4n) is 3.33. The largest absolute Gasteiger partial charge is 0.480 e. The highest BCUT2D eigenvalue weighted by molar-refractivity contribution is 5.96. The minimum Gasteiger partial charge on any atom is -0.480 e. The van der Waals surface area contributed by atoms with Crippen LogP contribution in [0.5, 0.6) is 0 Å². The summed E-state index contributed by atoms with van der Waals surface area (Å²) in [5.41, 5.74) is 4.40. The van der Waals surface area contributed by atoms with Gasteiger partial charge < -0.3 is 10.0 Å². The summed E-state index contributed by atoms with van der Waals surface area (Å²) in [6, 6.07) is 17.6. The van der Waals surface area contributed by atoms with Gasteiger partial charge in [-0.3, -0.25) is 9.48 Å². The number of benzene rings is 2. The summed E-state index contributed by atoms with van der Waals surface area (Å²) in [5, 5.41) is 14.1. The Kier molecular flexibility index (Phi) is 6.12. The number of carbonyl (C=O) groups excluding carboxylic acids is 1. The highest BCUT2D eigenvalue weighted by Crippen LogP contribution is 2.14. The zero-order valence-corrected chi connectivity index (χ0v) is 16.9. The first-order chi connectivity index (χ1) is 13.8. The smallest absolute Gasteiger partial charge is 0.326 e. The van der Waals surface area contributed by atoms with Gasteiger partial charge in [-0.1, -0.05) is 42.5 Å². The molecule has 6 heteroatoms. The number of hydrogen-bond donors (Lipinski definition) is 1. The molecular formula is C23H25N3O3. The zero-order chi connectivity index (χ0) is 21.0. The van der Waals surface area contributed by atoms with E-state index in [0.717, 1.165) is 22.5 Å². The lowest BCUT2D eigenvalue weighted by molar-refractivity contribution is -0.141. The molecule has 1 aromatic heterocycles. The molecule has 2 aromatic carbocycles. The second-order valence-electron chi connectivity index (χ2n) is 7.24. The summed E-state index contributed by atoms with van der Waals surface area (Å²) in [5.74, 6) is -1.34. The second kappa shape index (κ2) is 8.73. The molecule has 29 heavy (non-hydrogen) atoms. The van der Waals surface area contributed by atoms with Crippen LogP contribution in [0.4, 0.5) is 0 Å². The van der Waals surface area contributed by atoms with Crippen molar-refractivity contribution < 1.29 is 14.7 Å². The van der Waals surface area contributed by atoms with Gasteiger partial charge in [0.2, 0.25) is 0 Å². The molecule has 1 N–H and O–H groups in total. The van der Waals surface area contributed by atoms with Gasteiger partial charge >= 0.3 is 5.97 Å². The quantitative estimate of drug-likeness (QED) is 0.670. The molecule has 0 aliphatic rings. The predicted molar refractivity (Wildman–Crippen MR) is 111 cm³/mol. The lowest BCUT2D eigenvalue weighted by atomic mass is 10.0. The Morgan fingerprint density at radius 2 is 1.69 bits per heavy atom. The van der Waals surface area contributed by atoms with E-state index in [1.807, 2.05) is 67.1 Å². The van der Waals surface area contributed by atoms with Crippen molar-refractivity contribution in [3.05, 3.63) is 88.7 Å². The van der Waals surface area contributed by atoms with Crippen LogP contribution in [-0.2, 0) is 17.8 Å². The zero-order valence-electron chi connectivity index (χ0n) is 16.9. The highest BCUT2D eigenvalue weighted by atomic mass is 16.4. The molecule has 3 rings (SSSR count). The third kappa shape index (κ3) is 4.90. The van der Waals surface area contributed by atoms with Gasteiger partial charge in [-0.2, -0.15) is 5.10 Å². The van der Waals surface area contributed by atoms with Crippen molar-refractivity contribution in [2.75, 3.05) is 7.05 Å². The maximum absolute atomic E-state index is 12.9. The molecule has 1 heterocycles. The van der Waals surface area contributed by atoms with E-state index in [2.05, 4.69) is 5.10 Å². The fraction of sp³-hybridized carbons (Fsp3) is 0.261. The summed E-state index contributed by atoms with van der Waals surface area (Å²) in [7, 11) is 1.54. The number of likely N-dealkylation sites (N-methyl/N-ethyl adjacent to an activating group) is 1. The molecule has 0 aliphatic carbocycles. The number of aromatic nitrogens is 2. The monoisotopic (exact) mass is 391 g/mol. The lowest BCUT2D eigenvalue weighted by Crippen LogP contribution is -2.43. The summed E-state index contributed by atoms with van der Waals surface area (Å²) < 4.78 is 1.92. The summed E-state index contributed by atoms with van der Waals surface area (Å²) >= 11 is 0. The van der Waals surface area contributed by atoms with E-state index in [9.17, 15) is 14.7 Å². The molecule has 1 atom stereocenters. The van der Waals surface area contributed by atoms with Gasteiger partial charge in [0.1, 0.15) is 6.04 Å². The number of aliphatic carboxylic acids is 1. The Hall–Kier alpha value is -3.41. The molecule has 1 amide bonds. The minimum absolute atomic E-state index is 0.258. The van der Waals surface area contributed by atoms with Gasteiger partial charge in [0.15, 0.2) is 0 Å². The van der Waals surface area contributed by atoms with Gasteiger partial charge in [-0.05, 0) is 43.2 Å². The topological polar surface area (TPSA) is 75.4 Å². The number of carboxylic acids is 1. The average Bonchev–Trinajstić information content (AvgIpc) is 3.03. The Bertz CT molecular complexity index is 994. The molecule has 0 bridgehead atoms. The van der Waals surface area contributed by atoms with Crippen molar-refractivity contribution in [2.24, 2.45) is 0 Å². The van der Waals surface area contributed by atoms with Gasteiger partial charge in [0, 0.05) is 24.7 Å². The maximum atomic E-state index is 12.9. The third-order valence-electron chi connectivity index (χ3n) is 4.98. The third-order valence-corrected chi connectivity index (χ3v) is 4.98. The number of aryl methyl sites for hydroxylation is 2. The van der Waals surface area contributed by atoms with Crippen LogP contribution in [0.1, 0.15) is 32.9 Å². The van der Waals surface area contributed by atoms with Crippen LogP contribution < -0.4 is 0 Å². The van der Waals surface area contributed by atoms with E-state index >= 15 is 0 Å². The van der Waals surface area contributed by atoms with E-state index in [4.69, 9.17) is 0 Å². The van der Waals surface area contributed by atoms with E-state index < -0.39 is 12.0 Å². The number of carbonyl (C=O) groups is 2. The summed E-state index contributed by atoms with van der Waals surface area (Å²) in [6.07, 6.45) is 0.258. The number of rotatable bonds is 7. The van der Waals surface area contributed by atoms with Crippen molar-refractivity contribution in [2.45, 2.75) is 32.9 Å². The van der Waals surface area contributed by atoms with Crippen LogP contribution in [0.25, 0.3) is 0 Å². The number of amides is 1. The van der Waals surface area contributed by atoms with Crippen LogP contribution in [0.15, 0.2) is 60.7 Å². The Balaban J connectivity index is 1.72. The first kappa shape index (κ1) is 20.3. The van der Waals surface area contributed by atoms with Crippen LogP contribution in [0.2, 0.25) is 0 Å². The molecule has 6 nitrogen and oxygen atoms in total. The van der Waals surface area contributed by atoms with Gasteiger partial charge in [-0.25, -0.2) is 4.79 Å². The molecule has 3 aromatic rings. The van der Waals surface area contributed by atoms with Crippen LogP contribution in [-0.4, -0.2) is 44.8 Å². The number of hydrogen-bond acceptors (Lipinski definition) is 3. The van der Waals surface area contributed by atoms with Crippen molar-refractivity contribution in [3.8, 4) is 0 Å². The first-order valence-electron chi connectivity index (χ1n) is 9.49. The first-order valence-corrected chi connectivity index (χ1v) is 9.49. The summed E-state index contributed by atoms with van der Waals surface area (Å²) in [6.45, 7) is 4.58. The van der Waals surface area contributed by atoms with Gasteiger partial charge in [0.05, 0.1) is 12.2 Å². The van der Waals surface area contributed by atoms with Crippen molar-refractivity contribution in [3.63, 3.8) is 0 Å². The molecule has 1 unspecified atom stereocenters. The number of nitrogens with zero attached hydrogens (tertiary/aromatic N) is 3. The van der Waals surface area contributed by atoms with Crippen molar-refractivity contribution in [1.82, 2.24) is 14.7 Å². The molecule has 0 aliphatic heterocycles. The highest BCUT2D eigenvalue weighted by Gasteiger charge is 2.27. The van der Waals surface area contributed by atoms with Gasteiger partial charge in [0.25, 0.3) is 5.91 Å². The SMILES string of the molecule is Cc1cc(C)n(Cc2ccc(C(=O)N(C)C(Cc3ccccc3)C(=O)O)cc2)n1. The van der Waals surface area contributed by atoms with E-state index in [1.165, 1.54) is 11.9 Å². The standard InChI is InChI=1S/C23H25N3O3/c1-16-13-17(2)26(24-16)15-19-9-11-20(12-10-19)22(27)25(3)21(23(28)29)14-18-7-5-4-6-8-18/h4-13,21H,14-15H2,1-3H3,(H,28,29). The lowest BCUT2D eigenvalue weighted by Gasteiger charge is -2.25. The van der Waals surface area contributed by atoms with E-state index in [-0.39, 0.29) is 12.3 Å². The van der Waals surface area contributed by atoms with Crippen LogP contribution >= 0.6 is 0 Å². The fourth-order valence-corrected chi connectivity index (χ4v) is 3.33. The molecule has 0 saturated heterocycles. The number of carboxylic acid groups (broad SMARTS) is 1. The average molecular weight is 391 g/mol. The van der Waals surface area contributed by atoms with Crippen molar-refractivity contribution >= 4 is 11.9 Å². The summed E-state index contributed by atoms with van der Waals surface area (Å²) in [4.78, 5) is 25.9. The van der Waals surface area contributed by atoms with Crippen LogP contribution in [0.3, 0.4) is 0 Å². The van der Waals surface area contributed by atoms with E-state index in [1.54, 1.807) is 12.1 Å². The molecule has 0 spiro atoms. The molecule has 0 saturated carbocycles. The second-order valence-corrected chi connectivity index (χ2v) is 7.24.